The quantitative estimate of drug-likeness (QED) is 0.340. The van der Waals surface area contributed by atoms with Crippen molar-refractivity contribution in [2.75, 3.05) is 0 Å². The minimum absolute atomic E-state index is 0.107. The molecule has 0 fully saturated rings. The standard InChI is InChI=1S/C11H14F6O6S2/c1-3-7(23-8(18)4-2)5-6-9(24(19,20)10(12,13)14)25(21,22)11(15,16)17/h4,7,9H,2-3,5-6H2,1H3. The molecule has 0 amide bonds. The van der Waals surface area contributed by atoms with E-state index in [0.29, 0.717) is 6.08 Å². The lowest BCUT2D eigenvalue weighted by Gasteiger charge is -2.22. The maximum atomic E-state index is 12.6. The molecule has 1 atom stereocenters. The molecule has 0 aliphatic rings. The van der Waals surface area contributed by atoms with Crippen LogP contribution >= 0.6 is 0 Å². The van der Waals surface area contributed by atoms with E-state index in [9.17, 15) is 48.0 Å². The summed E-state index contributed by atoms with van der Waals surface area (Å²) in [6, 6.07) is 0. The van der Waals surface area contributed by atoms with Gasteiger partial charge in [0, 0.05) is 6.08 Å². The van der Waals surface area contributed by atoms with E-state index in [-0.39, 0.29) is 6.42 Å². The molecule has 0 radical (unpaired) electrons. The molecule has 6 nitrogen and oxygen atoms in total. The van der Waals surface area contributed by atoms with E-state index < -0.39 is 60.2 Å². The number of esters is 1. The SMILES string of the molecule is C=CC(=O)OC(CC)CCC(S(=O)(=O)C(F)(F)F)S(=O)(=O)C(F)(F)F. The Morgan fingerprint density at radius 1 is 1.00 bits per heavy atom. The van der Waals surface area contributed by atoms with Crippen LogP contribution in [0.3, 0.4) is 0 Å². The molecule has 0 rings (SSSR count). The summed E-state index contributed by atoms with van der Waals surface area (Å²) in [4.78, 5) is 11.0. The Kier molecular flexibility index (Phi) is 7.51. The first kappa shape index (κ1) is 23.7. The van der Waals surface area contributed by atoms with Gasteiger partial charge in [-0.15, -0.1) is 0 Å². The summed E-state index contributed by atoms with van der Waals surface area (Å²) < 4.78 is 121. The first-order valence-corrected chi connectivity index (χ1v) is 9.55. The number of ether oxygens (including phenoxy) is 1. The number of alkyl halides is 6. The molecule has 25 heavy (non-hydrogen) atoms. The van der Waals surface area contributed by atoms with Crippen LogP contribution in [0.5, 0.6) is 0 Å². The van der Waals surface area contributed by atoms with E-state index in [0.717, 1.165) is 0 Å². The Bertz CT molecular complexity index is 648. The van der Waals surface area contributed by atoms with Crippen LogP contribution in [-0.2, 0) is 29.2 Å². The summed E-state index contributed by atoms with van der Waals surface area (Å²) in [7, 11) is -13.4. The predicted octanol–water partition coefficient (Wildman–Crippen LogP) is 2.47. The van der Waals surface area contributed by atoms with E-state index in [1.165, 1.54) is 6.92 Å². The third kappa shape index (κ3) is 5.59. The Morgan fingerprint density at radius 3 is 1.68 bits per heavy atom. The first-order valence-electron chi connectivity index (χ1n) is 6.45. The second-order valence-electron chi connectivity index (χ2n) is 4.66. The summed E-state index contributed by atoms with van der Waals surface area (Å²) in [6.45, 7) is 4.36. The van der Waals surface area contributed by atoms with Crippen LogP contribution in [-0.4, -0.2) is 44.5 Å². The van der Waals surface area contributed by atoms with Crippen molar-refractivity contribution in [3.63, 3.8) is 0 Å². The average Bonchev–Trinajstić information content (AvgIpc) is 2.42. The number of sulfone groups is 2. The second kappa shape index (κ2) is 7.93. The molecule has 0 aromatic carbocycles. The van der Waals surface area contributed by atoms with Crippen molar-refractivity contribution in [2.45, 2.75) is 47.9 Å². The Balaban J connectivity index is 5.81. The predicted molar refractivity (Wildman–Crippen MR) is 73.3 cm³/mol. The Hall–Kier alpha value is -1.31. The summed E-state index contributed by atoms with van der Waals surface area (Å²) >= 11 is 0. The lowest BCUT2D eigenvalue weighted by atomic mass is 10.1. The number of halogens is 6. The Morgan fingerprint density at radius 2 is 1.40 bits per heavy atom. The van der Waals surface area contributed by atoms with Crippen molar-refractivity contribution in [1.29, 1.82) is 0 Å². The molecule has 0 spiro atoms. The van der Waals surface area contributed by atoms with Gasteiger partial charge in [-0.25, -0.2) is 21.6 Å². The summed E-state index contributed by atoms with van der Waals surface area (Å²) in [5.41, 5.74) is -12.4. The van der Waals surface area contributed by atoms with Gasteiger partial charge in [0.1, 0.15) is 6.10 Å². The molecular weight excluding hydrogens is 406 g/mol. The fourth-order valence-corrected chi connectivity index (χ4v) is 5.13. The first-order chi connectivity index (χ1) is 11.0. The van der Waals surface area contributed by atoms with E-state index in [1.807, 2.05) is 0 Å². The number of carbonyl (C=O) groups is 1. The van der Waals surface area contributed by atoms with Crippen LogP contribution in [0.1, 0.15) is 26.2 Å². The van der Waals surface area contributed by atoms with E-state index in [4.69, 9.17) is 0 Å². The zero-order valence-corrected chi connectivity index (χ0v) is 14.2. The summed E-state index contributed by atoms with van der Waals surface area (Å²) in [6.07, 6.45) is -3.15. The molecular formula is C11H14F6O6S2. The molecule has 14 heteroatoms. The van der Waals surface area contributed by atoms with Gasteiger partial charge in [-0.05, 0) is 19.3 Å². The van der Waals surface area contributed by atoms with Gasteiger partial charge in [0.2, 0.25) is 0 Å². The zero-order valence-electron chi connectivity index (χ0n) is 12.6. The molecule has 0 bridgehead atoms. The van der Waals surface area contributed by atoms with Gasteiger partial charge < -0.3 is 4.74 Å². The average molecular weight is 420 g/mol. The largest absolute Gasteiger partial charge is 0.498 e. The monoisotopic (exact) mass is 420 g/mol. The van der Waals surface area contributed by atoms with E-state index in [2.05, 4.69) is 11.3 Å². The third-order valence-electron chi connectivity index (χ3n) is 2.97. The molecule has 0 aliphatic heterocycles. The molecule has 148 valence electrons. The highest BCUT2D eigenvalue weighted by Gasteiger charge is 2.62. The summed E-state index contributed by atoms with van der Waals surface area (Å²) in [5.74, 6) is -1.05. The molecule has 0 N–H and O–H groups in total. The number of carbonyl (C=O) groups excluding carboxylic acids is 1. The van der Waals surface area contributed by atoms with Gasteiger partial charge in [0.15, 0.2) is 4.58 Å². The minimum Gasteiger partial charge on any atom is -0.459 e. The fraction of sp³-hybridized carbons (Fsp3) is 0.727. The molecule has 0 aliphatic carbocycles. The lowest BCUT2D eigenvalue weighted by Crippen LogP contribution is -2.45. The third-order valence-corrected chi connectivity index (χ3v) is 7.63. The maximum absolute atomic E-state index is 12.6. The lowest BCUT2D eigenvalue weighted by molar-refractivity contribution is -0.143. The van der Waals surface area contributed by atoms with Gasteiger partial charge in [-0.3, -0.25) is 0 Å². The van der Waals surface area contributed by atoms with Crippen molar-refractivity contribution in [3.8, 4) is 0 Å². The smallest absolute Gasteiger partial charge is 0.459 e. The van der Waals surface area contributed by atoms with Crippen molar-refractivity contribution < 1.29 is 52.7 Å². The van der Waals surface area contributed by atoms with Crippen molar-refractivity contribution in [1.82, 2.24) is 0 Å². The number of hydrogen-bond donors (Lipinski definition) is 0. The molecule has 0 heterocycles. The highest BCUT2D eigenvalue weighted by atomic mass is 32.3. The van der Waals surface area contributed by atoms with Crippen molar-refractivity contribution in [3.05, 3.63) is 12.7 Å². The van der Waals surface area contributed by atoms with Gasteiger partial charge in [-0.1, -0.05) is 13.5 Å². The molecule has 0 saturated carbocycles. The maximum Gasteiger partial charge on any atom is 0.498 e. The van der Waals surface area contributed by atoms with Crippen LogP contribution in [0.25, 0.3) is 0 Å². The number of hydrogen-bond acceptors (Lipinski definition) is 6. The van der Waals surface area contributed by atoms with Gasteiger partial charge in [-0.2, -0.15) is 26.3 Å². The fourth-order valence-electron chi connectivity index (χ4n) is 1.66. The zero-order chi connectivity index (χ0) is 20.3. The topological polar surface area (TPSA) is 94.6 Å². The molecule has 0 aromatic rings. The van der Waals surface area contributed by atoms with Crippen molar-refractivity contribution >= 4 is 25.6 Å². The van der Waals surface area contributed by atoms with Crippen LogP contribution in [0.4, 0.5) is 26.3 Å². The van der Waals surface area contributed by atoms with Crippen LogP contribution in [0.2, 0.25) is 0 Å². The Labute approximate surface area is 139 Å². The van der Waals surface area contributed by atoms with Gasteiger partial charge >= 0.3 is 17.0 Å². The highest BCUT2D eigenvalue weighted by molar-refractivity contribution is 8.09. The number of rotatable bonds is 8. The van der Waals surface area contributed by atoms with E-state index in [1.54, 1.807) is 0 Å². The molecule has 0 saturated heterocycles. The van der Waals surface area contributed by atoms with Gasteiger partial charge in [0.25, 0.3) is 19.7 Å². The van der Waals surface area contributed by atoms with Crippen LogP contribution in [0.15, 0.2) is 12.7 Å². The van der Waals surface area contributed by atoms with Crippen molar-refractivity contribution in [2.24, 2.45) is 0 Å². The summed E-state index contributed by atoms with van der Waals surface area (Å²) in [5, 5.41) is 0. The normalized spacial score (nSPS) is 15.0. The van der Waals surface area contributed by atoms with Gasteiger partial charge in [0.05, 0.1) is 0 Å². The van der Waals surface area contributed by atoms with Crippen LogP contribution < -0.4 is 0 Å². The molecule has 0 aromatic heterocycles. The van der Waals surface area contributed by atoms with Crippen LogP contribution in [0, 0.1) is 0 Å². The second-order valence-corrected chi connectivity index (χ2v) is 9.20. The van der Waals surface area contributed by atoms with E-state index >= 15 is 0 Å². The highest BCUT2D eigenvalue weighted by Crippen LogP contribution is 2.38. The minimum atomic E-state index is -6.69. The molecule has 1 unspecified atom stereocenters.